The Morgan fingerprint density at radius 1 is 0.938 bits per heavy atom. The number of nitrogens with zero attached hydrogens (tertiary/aromatic N) is 1. The molecule has 0 amide bonds. The van der Waals surface area contributed by atoms with Crippen molar-refractivity contribution in [2.24, 2.45) is 22.7 Å². The van der Waals surface area contributed by atoms with Gasteiger partial charge in [0.15, 0.2) is 0 Å². The zero-order chi connectivity index (χ0) is 12.9. The molecule has 0 saturated carbocycles. The van der Waals surface area contributed by atoms with Crippen LogP contribution in [0.3, 0.4) is 0 Å². The Morgan fingerprint density at radius 3 is 1.75 bits per heavy atom. The summed E-state index contributed by atoms with van der Waals surface area (Å²) < 4.78 is 0. The van der Waals surface area contributed by atoms with Crippen LogP contribution in [0.4, 0.5) is 0 Å². The first-order chi connectivity index (χ1) is 7.25. The minimum absolute atomic E-state index is 0.418. The van der Waals surface area contributed by atoms with Gasteiger partial charge in [-0.25, -0.2) is 0 Å². The van der Waals surface area contributed by atoms with Crippen LogP contribution in [0.1, 0.15) is 48.5 Å². The highest BCUT2D eigenvalue weighted by Gasteiger charge is 2.07. The average molecular weight is 221 g/mol. The second kappa shape index (κ2) is 6.67. The van der Waals surface area contributed by atoms with Gasteiger partial charge in [0.25, 0.3) is 0 Å². The van der Waals surface area contributed by atoms with E-state index >= 15 is 0 Å². The topological polar surface area (TPSA) is 12.4 Å². The molecule has 0 fully saturated rings. The van der Waals surface area contributed by atoms with Gasteiger partial charge in [-0.1, -0.05) is 53.7 Å². The van der Waals surface area contributed by atoms with Crippen LogP contribution >= 0.6 is 0 Å². The standard InChI is InChI=1S/C15H27N/c1-10(2)13(7)9-15(12(5)6)16-14(8)11(3)4/h9-12H,8H2,1-7H3/b13-9+,16-15?. The van der Waals surface area contributed by atoms with E-state index in [1.54, 1.807) is 0 Å². The monoisotopic (exact) mass is 221 g/mol. The van der Waals surface area contributed by atoms with Gasteiger partial charge < -0.3 is 0 Å². The SMILES string of the molecule is C=C(N=C(/C=C(\C)C(C)C)C(C)C)C(C)C. The summed E-state index contributed by atoms with van der Waals surface area (Å²) in [7, 11) is 0. The third-order valence-electron chi connectivity index (χ3n) is 2.82. The zero-order valence-electron chi connectivity index (χ0n) is 12.0. The maximum atomic E-state index is 4.64. The minimum atomic E-state index is 0.418. The van der Waals surface area contributed by atoms with Gasteiger partial charge in [-0.05, 0) is 30.8 Å². The molecule has 0 aliphatic rings. The number of hydrogen-bond donors (Lipinski definition) is 0. The van der Waals surface area contributed by atoms with Crippen LogP contribution in [-0.4, -0.2) is 5.71 Å². The summed E-state index contributed by atoms with van der Waals surface area (Å²) in [6, 6.07) is 0. The van der Waals surface area contributed by atoms with Gasteiger partial charge in [-0.2, -0.15) is 0 Å². The molecule has 0 N–H and O–H groups in total. The molecule has 0 heterocycles. The molecule has 0 aromatic carbocycles. The van der Waals surface area contributed by atoms with Crippen LogP contribution < -0.4 is 0 Å². The number of allylic oxidation sites excluding steroid dienone is 3. The van der Waals surface area contributed by atoms with Crippen LogP contribution in [0, 0.1) is 17.8 Å². The van der Waals surface area contributed by atoms with Crippen molar-refractivity contribution in [1.82, 2.24) is 0 Å². The first kappa shape index (κ1) is 15.2. The Kier molecular flexibility index (Phi) is 6.32. The molecule has 16 heavy (non-hydrogen) atoms. The molecule has 0 atom stereocenters. The molecule has 0 rings (SSSR count). The van der Waals surface area contributed by atoms with Crippen LogP contribution in [0.5, 0.6) is 0 Å². The summed E-state index contributed by atoms with van der Waals surface area (Å²) >= 11 is 0. The van der Waals surface area contributed by atoms with Gasteiger partial charge >= 0.3 is 0 Å². The van der Waals surface area contributed by atoms with Gasteiger partial charge in [-0.3, -0.25) is 4.99 Å². The van der Waals surface area contributed by atoms with Crippen LogP contribution in [0.2, 0.25) is 0 Å². The predicted molar refractivity (Wildman–Crippen MR) is 74.8 cm³/mol. The van der Waals surface area contributed by atoms with Crippen molar-refractivity contribution in [2.45, 2.75) is 48.5 Å². The number of rotatable bonds is 5. The van der Waals surface area contributed by atoms with E-state index in [1.165, 1.54) is 5.57 Å². The van der Waals surface area contributed by atoms with Crippen molar-refractivity contribution in [3.63, 3.8) is 0 Å². The fourth-order valence-corrected chi connectivity index (χ4v) is 1.02. The predicted octanol–water partition coefficient (Wildman–Crippen LogP) is 4.86. The average Bonchev–Trinajstić information content (AvgIpc) is 2.15. The first-order valence-electron chi connectivity index (χ1n) is 6.21. The summed E-state index contributed by atoms with van der Waals surface area (Å²) in [5, 5.41) is 0. The summed E-state index contributed by atoms with van der Waals surface area (Å²) in [4.78, 5) is 4.64. The highest BCUT2D eigenvalue weighted by atomic mass is 14.8. The maximum Gasteiger partial charge on any atom is 0.0431 e. The minimum Gasteiger partial charge on any atom is -0.258 e. The van der Waals surface area contributed by atoms with Gasteiger partial charge in [0.2, 0.25) is 0 Å². The molecule has 0 spiro atoms. The molecular formula is C15H27N. The molecule has 92 valence electrons. The summed E-state index contributed by atoms with van der Waals surface area (Å²) in [6.07, 6.45) is 2.21. The van der Waals surface area contributed by atoms with E-state index in [0.29, 0.717) is 17.8 Å². The lowest BCUT2D eigenvalue weighted by Crippen LogP contribution is -2.08. The van der Waals surface area contributed by atoms with E-state index < -0.39 is 0 Å². The Bertz CT molecular complexity index is 291. The van der Waals surface area contributed by atoms with Crippen molar-refractivity contribution >= 4 is 5.71 Å². The highest BCUT2D eigenvalue weighted by molar-refractivity contribution is 5.97. The summed E-state index contributed by atoms with van der Waals surface area (Å²) in [5.74, 6) is 1.45. The molecule has 0 aromatic rings. The smallest absolute Gasteiger partial charge is 0.0431 e. The molecule has 0 radical (unpaired) electrons. The van der Waals surface area contributed by atoms with Crippen molar-refractivity contribution < 1.29 is 0 Å². The fraction of sp³-hybridized carbons (Fsp3) is 0.667. The molecule has 0 saturated heterocycles. The third-order valence-corrected chi connectivity index (χ3v) is 2.82. The third kappa shape index (κ3) is 5.29. The lowest BCUT2D eigenvalue weighted by Gasteiger charge is -2.12. The Morgan fingerprint density at radius 2 is 1.44 bits per heavy atom. The number of aliphatic imine (C=N–C) groups is 1. The van der Waals surface area contributed by atoms with Crippen molar-refractivity contribution in [3.8, 4) is 0 Å². The molecule has 0 bridgehead atoms. The normalized spacial score (nSPS) is 14.1. The highest BCUT2D eigenvalue weighted by Crippen LogP contribution is 2.15. The molecule has 1 heteroatoms. The molecule has 0 unspecified atom stereocenters. The van der Waals surface area contributed by atoms with E-state index in [2.05, 4.69) is 66.1 Å². The van der Waals surface area contributed by atoms with Gasteiger partial charge in [0, 0.05) is 11.4 Å². The molecule has 0 aliphatic carbocycles. The largest absolute Gasteiger partial charge is 0.258 e. The van der Waals surface area contributed by atoms with E-state index in [1.807, 2.05) is 0 Å². The Hall–Kier alpha value is -0.850. The quantitative estimate of drug-likeness (QED) is 0.588. The Balaban J connectivity index is 5.04. The fourth-order valence-electron chi connectivity index (χ4n) is 1.02. The molecule has 0 aliphatic heterocycles. The van der Waals surface area contributed by atoms with Gasteiger partial charge in [-0.15, -0.1) is 0 Å². The van der Waals surface area contributed by atoms with Crippen molar-refractivity contribution in [1.29, 1.82) is 0 Å². The van der Waals surface area contributed by atoms with Gasteiger partial charge in [0.1, 0.15) is 0 Å². The Labute approximate surface area is 101 Å². The van der Waals surface area contributed by atoms with Gasteiger partial charge in [0.05, 0.1) is 0 Å². The second-order valence-corrected chi connectivity index (χ2v) is 5.38. The van der Waals surface area contributed by atoms with Crippen molar-refractivity contribution in [2.75, 3.05) is 0 Å². The lowest BCUT2D eigenvalue weighted by atomic mass is 9.99. The van der Waals surface area contributed by atoms with Crippen LogP contribution in [0.15, 0.2) is 28.9 Å². The van der Waals surface area contributed by atoms with Crippen molar-refractivity contribution in [3.05, 3.63) is 23.9 Å². The summed E-state index contributed by atoms with van der Waals surface area (Å²) in [5.41, 5.74) is 3.49. The molecule has 1 nitrogen and oxygen atoms in total. The van der Waals surface area contributed by atoms with E-state index in [-0.39, 0.29) is 0 Å². The molecule has 0 aromatic heterocycles. The van der Waals surface area contributed by atoms with Crippen LogP contribution in [-0.2, 0) is 0 Å². The van der Waals surface area contributed by atoms with E-state index in [9.17, 15) is 0 Å². The summed E-state index contributed by atoms with van der Waals surface area (Å²) in [6.45, 7) is 19.2. The lowest BCUT2D eigenvalue weighted by molar-refractivity contribution is 0.752. The zero-order valence-corrected chi connectivity index (χ0v) is 12.0. The second-order valence-electron chi connectivity index (χ2n) is 5.38. The van der Waals surface area contributed by atoms with Crippen LogP contribution in [0.25, 0.3) is 0 Å². The first-order valence-corrected chi connectivity index (χ1v) is 6.21. The van der Waals surface area contributed by atoms with E-state index in [0.717, 1.165) is 11.4 Å². The van der Waals surface area contributed by atoms with E-state index in [4.69, 9.17) is 0 Å². The molecular weight excluding hydrogens is 194 g/mol. The maximum absolute atomic E-state index is 4.64. The number of hydrogen-bond acceptors (Lipinski definition) is 1.